The van der Waals surface area contributed by atoms with E-state index in [1.165, 1.54) is 6.07 Å². The van der Waals surface area contributed by atoms with Gasteiger partial charge in [0, 0.05) is 6.07 Å². The van der Waals surface area contributed by atoms with Crippen molar-refractivity contribution in [3.8, 4) is 11.5 Å². The van der Waals surface area contributed by atoms with Crippen LogP contribution in [0.1, 0.15) is 11.7 Å². The van der Waals surface area contributed by atoms with Gasteiger partial charge in [0.1, 0.15) is 5.82 Å². The molecule has 2 N–H and O–H groups in total. The van der Waals surface area contributed by atoms with E-state index in [1.807, 2.05) is 0 Å². The predicted octanol–water partition coefficient (Wildman–Crippen LogP) is 1.43. The lowest BCUT2D eigenvalue weighted by Gasteiger charge is -2.11. The van der Waals surface area contributed by atoms with Crippen molar-refractivity contribution in [2.45, 2.75) is 6.10 Å². The molecule has 2 rings (SSSR count). The summed E-state index contributed by atoms with van der Waals surface area (Å²) in [5.74, 6) is -2.31. The molecule has 0 bridgehead atoms. The summed E-state index contributed by atoms with van der Waals surface area (Å²) in [6.45, 7) is -0.134. The minimum absolute atomic E-state index is 0.00653. The number of aliphatic hydroxyl groups is 1. The topological polar surface area (TPSA) is 76.0 Å². The molecule has 0 aromatic heterocycles. The highest BCUT2D eigenvalue weighted by Gasteiger charge is 2.31. The van der Waals surface area contributed by atoms with Gasteiger partial charge in [0.2, 0.25) is 6.79 Å². The molecule has 1 heterocycles. The lowest BCUT2D eigenvalue weighted by atomic mass is 10.1. The van der Waals surface area contributed by atoms with Crippen LogP contribution in [0.5, 0.6) is 11.5 Å². The molecule has 1 unspecified atom stereocenters. The van der Waals surface area contributed by atoms with E-state index in [9.17, 15) is 14.3 Å². The monoisotopic (exact) mass is 292 g/mol. The van der Waals surface area contributed by atoms with Gasteiger partial charge >= 0.3 is 5.97 Å². The average Bonchev–Trinajstić information content (AvgIpc) is 2.66. The molecule has 86 valence electrons. The number of carboxylic acid groups (broad SMARTS) is 1. The van der Waals surface area contributed by atoms with E-state index in [0.717, 1.165) is 0 Å². The number of benzene rings is 1. The van der Waals surface area contributed by atoms with Gasteiger partial charge in [-0.05, 0) is 15.9 Å². The van der Waals surface area contributed by atoms with Crippen LogP contribution in [0.15, 0.2) is 10.5 Å². The van der Waals surface area contributed by atoms with Crippen molar-refractivity contribution in [3.63, 3.8) is 0 Å². The molecule has 0 amide bonds. The quantitative estimate of drug-likeness (QED) is 0.862. The van der Waals surface area contributed by atoms with Gasteiger partial charge in [-0.3, -0.25) is 0 Å². The summed E-state index contributed by atoms with van der Waals surface area (Å²) in [5.41, 5.74) is -0.436. The van der Waals surface area contributed by atoms with E-state index in [4.69, 9.17) is 14.6 Å². The maximum absolute atomic E-state index is 13.7. The van der Waals surface area contributed by atoms with Crippen LogP contribution in [0.4, 0.5) is 4.39 Å². The van der Waals surface area contributed by atoms with Gasteiger partial charge < -0.3 is 19.7 Å². The van der Waals surface area contributed by atoms with Crippen molar-refractivity contribution in [3.05, 3.63) is 21.9 Å². The Bertz CT molecular complexity index is 462. The van der Waals surface area contributed by atoms with Crippen molar-refractivity contribution >= 4 is 21.9 Å². The van der Waals surface area contributed by atoms with Crippen LogP contribution in [0.3, 0.4) is 0 Å². The van der Waals surface area contributed by atoms with E-state index in [-0.39, 0.29) is 22.8 Å². The molecule has 5 nitrogen and oxygen atoms in total. The number of hydrogen-bond donors (Lipinski definition) is 2. The molecule has 7 heteroatoms. The summed E-state index contributed by atoms with van der Waals surface area (Å²) in [4.78, 5) is 10.6. The molecule has 0 saturated heterocycles. The summed E-state index contributed by atoms with van der Waals surface area (Å²) in [6, 6.07) is 1.32. The summed E-state index contributed by atoms with van der Waals surface area (Å²) >= 11 is 2.90. The Labute approximate surface area is 97.5 Å². The lowest BCUT2D eigenvalue weighted by molar-refractivity contribution is -0.147. The van der Waals surface area contributed by atoms with Crippen molar-refractivity contribution in [1.82, 2.24) is 0 Å². The van der Waals surface area contributed by atoms with Crippen molar-refractivity contribution in [2.75, 3.05) is 6.79 Å². The Balaban J connectivity index is 2.63. The Morgan fingerprint density at radius 2 is 2.25 bits per heavy atom. The van der Waals surface area contributed by atoms with E-state index >= 15 is 0 Å². The molecular formula is C9H6BrFO5. The molecule has 1 aromatic carbocycles. The van der Waals surface area contributed by atoms with Gasteiger partial charge in [-0.2, -0.15) is 0 Å². The maximum atomic E-state index is 13.7. The second-order valence-corrected chi connectivity index (χ2v) is 3.91. The first-order chi connectivity index (χ1) is 7.52. The van der Waals surface area contributed by atoms with Gasteiger partial charge in [0.25, 0.3) is 0 Å². The SMILES string of the molecule is O=C(O)C(O)c1c(F)c(Br)cc2c1OCO2. The number of halogens is 2. The molecule has 0 radical (unpaired) electrons. The summed E-state index contributed by atoms with van der Waals surface area (Å²) < 4.78 is 23.6. The fourth-order valence-electron chi connectivity index (χ4n) is 1.38. The first-order valence-electron chi connectivity index (χ1n) is 4.20. The van der Waals surface area contributed by atoms with Gasteiger partial charge in [-0.25, -0.2) is 9.18 Å². The number of aliphatic hydroxyl groups excluding tert-OH is 1. The second-order valence-electron chi connectivity index (χ2n) is 3.06. The molecule has 1 aliphatic rings. The maximum Gasteiger partial charge on any atom is 0.337 e. The number of aliphatic carboxylic acids is 1. The Hall–Kier alpha value is -1.34. The smallest absolute Gasteiger partial charge is 0.337 e. The van der Waals surface area contributed by atoms with Gasteiger partial charge in [0.05, 0.1) is 10.0 Å². The molecule has 1 aliphatic heterocycles. The standard InChI is InChI=1S/C9H6BrFO5/c10-3-1-4-8(16-2-15-4)5(6(3)11)7(12)9(13)14/h1,7,12H,2H2,(H,13,14). The number of carboxylic acids is 1. The zero-order valence-corrected chi connectivity index (χ0v) is 9.32. The van der Waals surface area contributed by atoms with Crippen LogP contribution in [-0.4, -0.2) is 23.0 Å². The largest absolute Gasteiger partial charge is 0.479 e. The van der Waals surface area contributed by atoms with Crippen LogP contribution in [-0.2, 0) is 4.79 Å². The fourth-order valence-corrected chi connectivity index (χ4v) is 1.80. The minimum atomic E-state index is -1.99. The van der Waals surface area contributed by atoms with Crippen LogP contribution >= 0.6 is 15.9 Å². The van der Waals surface area contributed by atoms with Crippen LogP contribution in [0.25, 0.3) is 0 Å². The number of fused-ring (bicyclic) bond motifs is 1. The molecule has 0 spiro atoms. The zero-order valence-electron chi connectivity index (χ0n) is 7.74. The van der Waals surface area contributed by atoms with Crippen molar-refractivity contribution in [1.29, 1.82) is 0 Å². The van der Waals surface area contributed by atoms with E-state index < -0.39 is 23.5 Å². The summed E-state index contributed by atoms with van der Waals surface area (Å²) in [7, 11) is 0. The lowest BCUT2D eigenvalue weighted by Crippen LogP contribution is -2.13. The first-order valence-corrected chi connectivity index (χ1v) is 5.00. The van der Waals surface area contributed by atoms with Gasteiger partial charge in [0.15, 0.2) is 17.6 Å². The predicted molar refractivity (Wildman–Crippen MR) is 52.8 cm³/mol. The molecule has 0 saturated carbocycles. The summed E-state index contributed by atoms with van der Waals surface area (Å²) in [5, 5.41) is 18.0. The number of carbonyl (C=O) groups is 1. The van der Waals surface area contributed by atoms with E-state index in [1.54, 1.807) is 0 Å². The van der Waals surface area contributed by atoms with E-state index in [2.05, 4.69) is 15.9 Å². The summed E-state index contributed by atoms with van der Waals surface area (Å²) in [6.07, 6.45) is -1.99. The minimum Gasteiger partial charge on any atom is -0.479 e. The highest BCUT2D eigenvalue weighted by molar-refractivity contribution is 9.10. The van der Waals surface area contributed by atoms with Crippen LogP contribution < -0.4 is 9.47 Å². The Morgan fingerprint density at radius 1 is 1.56 bits per heavy atom. The Morgan fingerprint density at radius 3 is 2.88 bits per heavy atom. The highest BCUT2D eigenvalue weighted by atomic mass is 79.9. The molecule has 1 atom stereocenters. The van der Waals surface area contributed by atoms with Crippen LogP contribution in [0, 0.1) is 5.82 Å². The third-order valence-electron chi connectivity index (χ3n) is 2.10. The molecule has 0 aliphatic carbocycles. The Kier molecular flexibility index (Phi) is 2.73. The van der Waals surface area contributed by atoms with Crippen LogP contribution in [0.2, 0.25) is 0 Å². The third-order valence-corrected chi connectivity index (χ3v) is 2.67. The zero-order chi connectivity index (χ0) is 11.9. The van der Waals surface area contributed by atoms with Crippen molar-refractivity contribution in [2.24, 2.45) is 0 Å². The number of ether oxygens (including phenoxy) is 2. The normalized spacial score (nSPS) is 14.9. The van der Waals surface area contributed by atoms with Crippen molar-refractivity contribution < 1.29 is 28.9 Å². The average molecular weight is 293 g/mol. The molecule has 16 heavy (non-hydrogen) atoms. The number of hydrogen-bond acceptors (Lipinski definition) is 4. The third kappa shape index (κ3) is 1.61. The second kappa shape index (κ2) is 3.91. The molecule has 1 aromatic rings. The molecule has 0 fully saturated rings. The molecular weight excluding hydrogens is 287 g/mol. The highest BCUT2D eigenvalue weighted by Crippen LogP contribution is 2.43. The van der Waals surface area contributed by atoms with E-state index in [0.29, 0.717) is 0 Å². The first kappa shape index (κ1) is 11.2. The number of rotatable bonds is 2. The fraction of sp³-hybridized carbons (Fsp3) is 0.222. The van der Waals surface area contributed by atoms with Gasteiger partial charge in [-0.1, -0.05) is 0 Å². The van der Waals surface area contributed by atoms with Gasteiger partial charge in [-0.15, -0.1) is 0 Å².